The second kappa shape index (κ2) is 37.0. The van der Waals surface area contributed by atoms with Crippen molar-refractivity contribution in [1.29, 1.82) is 0 Å². The fraction of sp³-hybridized carbons (Fsp3) is 0.444. The number of anilines is 2. The first-order valence-corrected chi connectivity index (χ1v) is 35.4. The molecule has 1 aliphatic carbocycles. The van der Waals surface area contributed by atoms with Gasteiger partial charge >= 0.3 is 12.2 Å². The van der Waals surface area contributed by atoms with Crippen molar-refractivity contribution in [3.63, 3.8) is 0 Å². The van der Waals surface area contributed by atoms with E-state index >= 15 is 0 Å². The summed E-state index contributed by atoms with van der Waals surface area (Å²) < 4.78 is 11.3. The average Bonchev–Trinajstić information content (AvgIpc) is 0.954. The molecule has 0 aromatic heterocycles. The van der Waals surface area contributed by atoms with Gasteiger partial charge in [0.1, 0.15) is 74.1 Å². The molecular weight excluding hydrogens is 1410 g/mol. The number of phenols is 2. The van der Waals surface area contributed by atoms with Gasteiger partial charge in [0.05, 0.1) is 48.4 Å². The summed E-state index contributed by atoms with van der Waals surface area (Å²) in [6, 6.07) is 16.2. The molecule has 4 fully saturated rings. The lowest BCUT2D eigenvalue weighted by Gasteiger charge is -2.29. The number of primary amides is 2. The maximum absolute atomic E-state index is 14.8. The second-order valence-electron chi connectivity index (χ2n) is 26.4. The Labute approximate surface area is 619 Å². The van der Waals surface area contributed by atoms with Gasteiger partial charge in [-0.2, -0.15) is 0 Å². The molecular formula is C72H88N16O20. The number of ether oxygens (including phenoxy) is 2. The molecule has 4 aliphatic heterocycles. The van der Waals surface area contributed by atoms with Gasteiger partial charge in [0.25, 0.3) is 0 Å². The van der Waals surface area contributed by atoms with E-state index in [0.717, 1.165) is 21.9 Å². The highest BCUT2D eigenvalue weighted by atomic mass is 16.6. The van der Waals surface area contributed by atoms with Gasteiger partial charge in [0, 0.05) is 63.7 Å². The van der Waals surface area contributed by atoms with Crippen molar-refractivity contribution in [1.82, 2.24) is 61.3 Å². The van der Waals surface area contributed by atoms with E-state index in [0.29, 0.717) is 49.7 Å². The lowest BCUT2D eigenvalue weighted by Crippen LogP contribution is -2.53. The first kappa shape index (κ1) is 79.7. The molecule has 4 heterocycles. The van der Waals surface area contributed by atoms with Gasteiger partial charge in [-0.25, -0.2) is 9.59 Å². The number of nitrogens with one attached hydrogen (secondary N) is 8. The lowest BCUT2D eigenvalue weighted by molar-refractivity contribution is -0.140. The molecule has 0 saturated carbocycles. The smallest absolute Gasteiger partial charge is 0.410 e. The summed E-state index contributed by atoms with van der Waals surface area (Å²) in [4.78, 5) is 222. The van der Waals surface area contributed by atoms with E-state index in [4.69, 9.17) is 20.9 Å². The van der Waals surface area contributed by atoms with E-state index in [1.165, 1.54) is 45.6 Å². The monoisotopic (exact) mass is 1500 g/mol. The van der Waals surface area contributed by atoms with Crippen LogP contribution >= 0.6 is 0 Å². The third-order valence-electron chi connectivity index (χ3n) is 19.0. The maximum Gasteiger partial charge on any atom is 0.410 e. The van der Waals surface area contributed by atoms with Crippen molar-refractivity contribution in [2.75, 3.05) is 102 Å². The van der Waals surface area contributed by atoms with Crippen LogP contribution in [-0.2, 0) is 80.2 Å². The van der Waals surface area contributed by atoms with Crippen LogP contribution in [0.5, 0.6) is 11.5 Å². The molecule has 9 rings (SSSR count). The molecule has 36 nitrogen and oxygen atoms in total. The lowest BCUT2D eigenvalue weighted by atomic mass is 9.81. The number of fused-ring (bicyclic) bond motifs is 2. The molecule has 0 unspecified atom stereocenters. The van der Waals surface area contributed by atoms with Crippen molar-refractivity contribution < 1.29 is 96.4 Å². The molecule has 4 saturated heterocycles. The van der Waals surface area contributed by atoms with Gasteiger partial charge in [-0.3, -0.25) is 76.9 Å². The Kier molecular flexibility index (Phi) is 27.3. The molecule has 108 heavy (non-hydrogen) atoms. The number of amides is 14. The van der Waals surface area contributed by atoms with E-state index in [-0.39, 0.29) is 101 Å². The Hall–Kier alpha value is -12.4. The van der Waals surface area contributed by atoms with Crippen LogP contribution in [0.15, 0.2) is 84.9 Å². The molecule has 6 atom stereocenters. The summed E-state index contributed by atoms with van der Waals surface area (Å²) >= 11 is 0. The molecule has 14 amide bonds. The van der Waals surface area contributed by atoms with Crippen molar-refractivity contribution in [3.05, 3.63) is 118 Å². The van der Waals surface area contributed by atoms with Crippen LogP contribution in [0, 0.1) is 0 Å². The Morgan fingerprint density at radius 3 is 1.12 bits per heavy atom. The number of hydrogen-bond donors (Lipinski definition) is 12. The van der Waals surface area contributed by atoms with Gasteiger partial charge < -0.3 is 93.3 Å². The molecule has 5 aliphatic rings. The summed E-state index contributed by atoms with van der Waals surface area (Å²) in [5.74, 6) is -11.2. The number of hydrogen-bond acceptors (Lipinski definition) is 22. The SMILES string of the molecule is C[C@H](NC(=O)[C@@H]1CCCN1C(=O)CNC(=O)CNC(=O)[C@@H]1CCCN1C(=O)CN(CCNc1ccc(NCCN(CC(=O)N2CCC[C@H]2C(=O)NCC(=O)NCC(=O)N2CCC[C@H]2C(=O)N[C@@H](C)C(N)=O)C(=O)OCc2ccccc2)c2c1C(=O)c1c(O)ccc(O)c1C2=O)C(=O)OCc1ccccc1)C(N)=O. The quantitative estimate of drug-likeness (QED) is 0.0215. The molecule has 4 aromatic rings. The van der Waals surface area contributed by atoms with Gasteiger partial charge in [0.2, 0.25) is 82.5 Å². The summed E-state index contributed by atoms with van der Waals surface area (Å²) in [6.45, 7) is -1.64. The number of carbonyl (C=O) groups excluding carboxylic acids is 16. The summed E-state index contributed by atoms with van der Waals surface area (Å²) in [5, 5.41) is 43.1. The van der Waals surface area contributed by atoms with Crippen LogP contribution in [0.2, 0.25) is 0 Å². The standard InChI is InChI=1S/C72H88N16O20/c1-41(65(73)99)81-69(103)49-19-11-27-85(49)55(93)35-77-53(91)33-79-67(101)47-17-9-29-87(47)57(95)37-83(71(105)107-39-43-13-5-3-6-14-43)31-25-75-45-21-22-46(60-59(45)63(97)61-51(89)23-24-52(90)62(61)64(60)98)76-26-32-84(72(106)108-40-44-15-7-4-8-16-44)38-58(96)88-30-10-18-48(88)68(102)80-34-54(92)78-36-56(94)86-28-12-20-50(86)70(104)82-42(2)66(74)100/h3-8,13-16,21-24,41-42,47-50,75-76,89-90H,9-12,17-20,25-40H2,1-2H3,(H2,73,99)(H2,74,100)(H,77,91)(H,78,92)(H,79,101)(H,80,102)(H,81,103)(H,82,104)/t41-,42-,47-,48-,49-,50-/m0/s1. The second-order valence-corrected chi connectivity index (χ2v) is 26.4. The normalized spacial score (nSPS) is 17.5. The van der Waals surface area contributed by atoms with E-state index in [9.17, 15) is 86.9 Å². The van der Waals surface area contributed by atoms with E-state index in [2.05, 4.69) is 42.5 Å². The number of aromatic hydroxyl groups is 2. The Morgan fingerprint density at radius 1 is 0.444 bits per heavy atom. The minimum absolute atomic E-state index is 0.0138. The van der Waals surface area contributed by atoms with E-state index in [1.54, 1.807) is 60.7 Å². The van der Waals surface area contributed by atoms with Gasteiger partial charge in [-0.15, -0.1) is 0 Å². The van der Waals surface area contributed by atoms with Gasteiger partial charge in [-0.05, 0) is 101 Å². The zero-order valence-electron chi connectivity index (χ0n) is 59.6. The first-order valence-electron chi connectivity index (χ1n) is 35.4. The van der Waals surface area contributed by atoms with Crippen LogP contribution in [0.4, 0.5) is 21.0 Å². The predicted octanol–water partition coefficient (Wildman–Crippen LogP) is -1.62. The first-order chi connectivity index (χ1) is 51.7. The highest BCUT2D eigenvalue weighted by molar-refractivity contribution is 6.33. The third-order valence-corrected chi connectivity index (χ3v) is 19.0. The molecule has 0 bridgehead atoms. The number of nitrogens with zero attached hydrogens (tertiary/aromatic N) is 6. The fourth-order valence-electron chi connectivity index (χ4n) is 13.3. The molecule has 0 radical (unpaired) electrons. The zero-order chi connectivity index (χ0) is 77.9. The van der Waals surface area contributed by atoms with Gasteiger partial charge in [-0.1, -0.05) is 60.7 Å². The number of carbonyl (C=O) groups is 16. The van der Waals surface area contributed by atoms with Crippen molar-refractivity contribution in [2.45, 2.75) is 115 Å². The number of rotatable bonds is 32. The summed E-state index contributed by atoms with van der Waals surface area (Å²) in [7, 11) is 0. The molecule has 36 heteroatoms. The highest BCUT2D eigenvalue weighted by Gasteiger charge is 2.42. The molecule has 576 valence electrons. The van der Waals surface area contributed by atoms with Crippen LogP contribution in [-0.4, -0.2) is 262 Å². The zero-order valence-corrected chi connectivity index (χ0v) is 59.6. The van der Waals surface area contributed by atoms with Crippen LogP contribution in [0.1, 0.15) is 108 Å². The number of phenolic OH excluding ortho intramolecular Hbond substituents is 2. The summed E-state index contributed by atoms with van der Waals surface area (Å²) in [6.07, 6.45) is 0.789. The third kappa shape index (κ3) is 20.1. The molecule has 0 spiro atoms. The van der Waals surface area contributed by atoms with Crippen LogP contribution < -0.4 is 54.0 Å². The van der Waals surface area contributed by atoms with Crippen LogP contribution in [0.3, 0.4) is 0 Å². The molecule has 14 N–H and O–H groups in total. The highest BCUT2D eigenvalue weighted by Crippen LogP contribution is 2.42. The number of likely N-dealkylation sites (tertiary alicyclic amines) is 4. The van der Waals surface area contributed by atoms with E-state index < -0.39 is 193 Å². The van der Waals surface area contributed by atoms with Crippen molar-refractivity contribution in [3.8, 4) is 11.5 Å². The number of benzene rings is 4. The van der Waals surface area contributed by atoms with E-state index in [1.807, 2.05) is 0 Å². The predicted molar refractivity (Wildman–Crippen MR) is 381 cm³/mol. The number of nitrogens with two attached hydrogens (primary N) is 2. The van der Waals surface area contributed by atoms with Crippen molar-refractivity contribution in [2.24, 2.45) is 11.5 Å². The maximum atomic E-state index is 14.8. The topological polar surface area (TPSA) is 500 Å². The Bertz CT molecular complexity index is 3870. The number of ketones is 2. The van der Waals surface area contributed by atoms with Crippen LogP contribution in [0.25, 0.3) is 0 Å². The molecule has 4 aromatic carbocycles. The minimum atomic E-state index is -1.09. The van der Waals surface area contributed by atoms with Crippen molar-refractivity contribution >= 4 is 106 Å². The Balaban J connectivity index is 0.850. The minimum Gasteiger partial charge on any atom is -0.507 e. The fourth-order valence-corrected chi connectivity index (χ4v) is 13.3. The summed E-state index contributed by atoms with van der Waals surface area (Å²) in [5.41, 5.74) is 10.1. The Morgan fingerprint density at radius 2 is 0.778 bits per heavy atom. The average molecular weight is 1500 g/mol. The van der Waals surface area contributed by atoms with Gasteiger partial charge in [0.15, 0.2) is 0 Å². The largest absolute Gasteiger partial charge is 0.507 e.